The van der Waals surface area contributed by atoms with Gasteiger partial charge in [-0.25, -0.2) is 0 Å². The SMILES string of the molecule is CC(C)(CC(=O)O)CC(=O)NCC1CCCCC1. The molecule has 104 valence electrons. The molecule has 0 bridgehead atoms. The number of carboxylic acids is 1. The van der Waals surface area contributed by atoms with Gasteiger partial charge in [0.25, 0.3) is 0 Å². The van der Waals surface area contributed by atoms with E-state index < -0.39 is 11.4 Å². The predicted octanol–water partition coefficient (Wildman–Crippen LogP) is 2.57. The largest absolute Gasteiger partial charge is 0.481 e. The number of hydrogen-bond donors (Lipinski definition) is 2. The van der Waals surface area contributed by atoms with Gasteiger partial charge in [0.05, 0.1) is 6.42 Å². The van der Waals surface area contributed by atoms with E-state index in [0.717, 1.165) is 6.54 Å². The van der Waals surface area contributed by atoms with Gasteiger partial charge in [-0.15, -0.1) is 0 Å². The number of hydrogen-bond acceptors (Lipinski definition) is 2. The van der Waals surface area contributed by atoms with Gasteiger partial charge in [-0.2, -0.15) is 0 Å². The summed E-state index contributed by atoms with van der Waals surface area (Å²) in [6.07, 6.45) is 6.58. The van der Waals surface area contributed by atoms with E-state index >= 15 is 0 Å². The molecule has 0 atom stereocenters. The van der Waals surface area contributed by atoms with Crippen LogP contribution >= 0.6 is 0 Å². The quantitative estimate of drug-likeness (QED) is 0.766. The third-order valence-electron chi connectivity index (χ3n) is 3.58. The first-order chi connectivity index (χ1) is 8.39. The highest BCUT2D eigenvalue weighted by molar-refractivity contribution is 5.77. The Hall–Kier alpha value is -1.06. The molecule has 0 aliphatic heterocycles. The molecule has 4 nitrogen and oxygen atoms in total. The van der Waals surface area contributed by atoms with Crippen molar-refractivity contribution in [3.8, 4) is 0 Å². The van der Waals surface area contributed by atoms with E-state index in [9.17, 15) is 9.59 Å². The van der Waals surface area contributed by atoms with Crippen LogP contribution in [0.15, 0.2) is 0 Å². The zero-order valence-electron chi connectivity index (χ0n) is 11.5. The summed E-state index contributed by atoms with van der Waals surface area (Å²) in [4.78, 5) is 22.4. The van der Waals surface area contributed by atoms with Crippen molar-refractivity contribution < 1.29 is 14.7 Å². The lowest BCUT2D eigenvalue weighted by Crippen LogP contribution is -2.33. The van der Waals surface area contributed by atoms with E-state index in [2.05, 4.69) is 5.32 Å². The van der Waals surface area contributed by atoms with Crippen LogP contribution in [0.1, 0.15) is 58.8 Å². The van der Waals surface area contributed by atoms with E-state index in [4.69, 9.17) is 5.11 Å². The van der Waals surface area contributed by atoms with Crippen LogP contribution in [0.3, 0.4) is 0 Å². The van der Waals surface area contributed by atoms with Gasteiger partial charge in [-0.3, -0.25) is 9.59 Å². The molecule has 0 heterocycles. The van der Waals surface area contributed by atoms with E-state index in [1.54, 1.807) is 0 Å². The molecule has 1 rings (SSSR count). The summed E-state index contributed by atoms with van der Waals surface area (Å²) in [5.41, 5.74) is -0.470. The van der Waals surface area contributed by atoms with E-state index in [0.29, 0.717) is 5.92 Å². The van der Waals surface area contributed by atoms with Crippen LogP contribution in [-0.2, 0) is 9.59 Å². The monoisotopic (exact) mass is 255 g/mol. The molecule has 0 spiro atoms. The molecular formula is C14H25NO3. The van der Waals surface area contributed by atoms with Crippen LogP contribution in [0.2, 0.25) is 0 Å². The van der Waals surface area contributed by atoms with Crippen LogP contribution in [0.25, 0.3) is 0 Å². The van der Waals surface area contributed by atoms with Gasteiger partial charge in [-0.05, 0) is 24.2 Å². The number of carbonyl (C=O) groups is 2. The lowest BCUT2D eigenvalue weighted by atomic mass is 9.85. The Kier molecular flexibility index (Phi) is 5.63. The van der Waals surface area contributed by atoms with Crippen LogP contribution in [-0.4, -0.2) is 23.5 Å². The zero-order chi connectivity index (χ0) is 13.6. The van der Waals surface area contributed by atoms with Crippen molar-refractivity contribution in [2.75, 3.05) is 6.54 Å². The number of rotatable bonds is 6. The summed E-state index contributed by atoms with van der Waals surface area (Å²) in [5.74, 6) is -0.253. The second-order valence-corrected chi connectivity index (χ2v) is 6.22. The minimum Gasteiger partial charge on any atom is -0.481 e. The van der Waals surface area contributed by atoms with Gasteiger partial charge in [0, 0.05) is 13.0 Å². The van der Waals surface area contributed by atoms with Gasteiger partial charge in [-0.1, -0.05) is 33.1 Å². The lowest BCUT2D eigenvalue weighted by Gasteiger charge is -2.24. The van der Waals surface area contributed by atoms with Crippen LogP contribution in [0.5, 0.6) is 0 Å². The highest BCUT2D eigenvalue weighted by Gasteiger charge is 2.25. The maximum absolute atomic E-state index is 11.8. The summed E-state index contributed by atoms with van der Waals surface area (Å²) in [5, 5.41) is 11.7. The van der Waals surface area contributed by atoms with Gasteiger partial charge in [0.15, 0.2) is 0 Å². The van der Waals surface area contributed by atoms with Crippen molar-refractivity contribution in [1.82, 2.24) is 5.32 Å². The minimum absolute atomic E-state index is 0.0215. The molecule has 1 aliphatic rings. The first kappa shape index (κ1) is 15.0. The number of nitrogens with one attached hydrogen (secondary N) is 1. The Bertz CT molecular complexity index is 293. The third kappa shape index (κ3) is 6.03. The number of carbonyl (C=O) groups excluding carboxylic acids is 1. The van der Waals surface area contributed by atoms with Crippen molar-refractivity contribution in [1.29, 1.82) is 0 Å². The molecule has 0 aromatic rings. The highest BCUT2D eigenvalue weighted by atomic mass is 16.4. The van der Waals surface area contributed by atoms with Crippen LogP contribution < -0.4 is 5.32 Å². The van der Waals surface area contributed by atoms with Crippen molar-refractivity contribution in [3.05, 3.63) is 0 Å². The molecule has 2 N–H and O–H groups in total. The Morgan fingerprint density at radius 1 is 1.17 bits per heavy atom. The molecular weight excluding hydrogens is 230 g/mol. The second-order valence-electron chi connectivity index (χ2n) is 6.22. The van der Waals surface area contributed by atoms with Gasteiger partial charge in [0.1, 0.15) is 0 Å². The Morgan fingerprint density at radius 2 is 1.78 bits per heavy atom. The zero-order valence-corrected chi connectivity index (χ0v) is 11.5. The molecule has 1 aliphatic carbocycles. The molecule has 4 heteroatoms. The van der Waals surface area contributed by atoms with Gasteiger partial charge >= 0.3 is 5.97 Å². The molecule has 18 heavy (non-hydrogen) atoms. The van der Waals surface area contributed by atoms with E-state index in [-0.39, 0.29) is 18.7 Å². The summed E-state index contributed by atoms with van der Waals surface area (Å²) < 4.78 is 0. The summed E-state index contributed by atoms with van der Waals surface area (Å²) >= 11 is 0. The normalized spacial score (nSPS) is 17.4. The number of aliphatic carboxylic acids is 1. The maximum Gasteiger partial charge on any atom is 0.303 e. The van der Waals surface area contributed by atoms with Gasteiger partial charge < -0.3 is 10.4 Å². The number of carboxylic acid groups (broad SMARTS) is 1. The van der Waals surface area contributed by atoms with Gasteiger partial charge in [0.2, 0.25) is 5.91 Å². The first-order valence-corrected chi connectivity index (χ1v) is 6.87. The summed E-state index contributed by atoms with van der Waals surface area (Å²) in [6, 6.07) is 0. The minimum atomic E-state index is -0.847. The van der Waals surface area contributed by atoms with Crippen molar-refractivity contribution in [2.45, 2.75) is 58.8 Å². The number of amides is 1. The van der Waals surface area contributed by atoms with E-state index in [1.165, 1.54) is 32.1 Å². The fourth-order valence-electron chi connectivity index (χ4n) is 2.62. The maximum atomic E-state index is 11.8. The second kappa shape index (κ2) is 6.76. The fraction of sp³-hybridized carbons (Fsp3) is 0.857. The highest BCUT2D eigenvalue weighted by Crippen LogP contribution is 2.25. The lowest BCUT2D eigenvalue weighted by molar-refractivity contribution is -0.139. The first-order valence-electron chi connectivity index (χ1n) is 6.87. The molecule has 0 saturated heterocycles. The molecule has 0 aromatic heterocycles. The van der Waals surface area contributed by atoms with Crippen molar-refractivity contribution in [2.24, 2.45) is 11.3 Å². The fourth-order valence-corrected chi connectivity index (χ4v) is 2.62. The molecule has 0 unspecified atom stereocenters. The molecule has 0 radical (unpaired) electrons. The molecule has 1 amide bonds. The Labute approximate surface area is 109 Å². The predicted molar refractivity (Wildman–Crippen MR) is 70.2 cm³/mol. The molecule has 0 aromatic carbocycles. The Balaban J connectivity index is 2.25. The van der Waals surface area contributed by atoms with Crippen molar-refractivity contribution >= 4 is 11.9 Å². The Morgan fingerprint density at radius 3 is 2.33 bits per heavy atom. The van der Waals surface area contributed by atoms with E-state index in [1.807, 2.05) is 13.8 Å². The molecule has 1 saturated carbocycles. The summed E-state index contributed by atoms with van der Waals surface area (Å²) in [7, 11) is 0. The molecule has 1 fully saturated rings. The van der Waals surface area contributed by atoms with Crippen LogP contribution in [0, 0.1) is 11.3 Å². The average Bonchev–Trinajstić information content (AvgIpc) is 2.25. The third-order valence-corrected chi connectivity index (χ3v) is 3.58. The smallest absolute Gasteiger partial charge is 0.303 e. The standard InChI is InChI=1S/C14H25NO3/c1-14(2,9-13(17)18)8-12(16)15-10-11-6-4-3-5-7-11/h11H,3-10H2,1-2H3,(H,15,16)(H,17,18). The average molecular weight is 255 g/mol. The summed E-state index contributed by atoms with van der Waals surface area (Å²) in [6.45, 7) is 4.39. The van der Waals surface area contributed by atoms with Crippen molar-refractivity contribution in [3.63, 3.8) is 0 Å². The topological polar surface area (TPSA) is 66.4 Å². The van der Waals surface area contributed by atoms with Crippen LogP contribution in [0.4, 0.5) is 0 Å².